The predicted octanol–water partition coefficient (Wildman–Crippen LogP) is 0.643. The van der Waals surface area contributed by atoms with E-state index in [-0.39, 0.29) is 6.04 Å². The molecule has 0 radical (unpaired) electrons. The monoisotopic (exact) mass is 212 g/mol. The molecule has 3 nitrogen and oxygen atoms in total. The Morgan fingerprint density at radius 3 is 3.00 bits per heavy atom. The van der Waals surface area contributed by atoms with E-state index in [1.807, 2.05) is 31.3 Å². The number of rotatable bonds is 1. The molecule has 2 heterocycles. The minimum Gasteiger partial charge on any atom is -0.497 e. The molecule has 2 aliphatic rings. The number of aromatic nitrogens is 1. The second-order valence-electron chi connectivity index (χ2n) is 3.93. The molecule has 16 heavy (non-hydrogen) atoms. The molecule has 3 heteroatoms. The van der Waals surface area contributed by atoms with Crippen molar-refractivity contribution in [1.29, 1.82) is 0 Å². The molecule has 1 aliphatic heterocycles. The van der Waals surface area contributed by atoms with E-state index in [1.165, 1.54) is 10.8 Å². The van der Waals surface area contributed by atoms with Gasteiger partial charge in [0, 0.05) is 11.4 Å². The standard InChI is InChI=1S/C13H12N2O/c1-8-13-11(5-6-14-8)10-4-3-9(16-2)7-12(10)15-13/h3-7,12H,1-2H3/t12-/m0/s1. The van der Waals surface area contributed by atoms with Gasteiger partial charge in [0.25, 0.3) is 0 Å². The fourth-order valence-corrected chi connectivity index (χ4v) is 2.16. The molecular weight excluding hydrogens is 200 g/mol. The SMILES string of the molecule is COC1=C[C@@H]2N=c3c(C)nccc3=C2C=C1. The molecule has 0 bridgehead atoms. The fourth-order valence-electron chi connectivity index (χ4n) is 2.16. The van der Waals surface area contributed by atoms with E-state index < -0.39 is 0 Å². The van der Waals surface area contributed by atoms with Crippen LogP contribution in [0.15, 0.2) is 41.2 Å². The van der Waals surface area contributed by atoms with Crippen LogP contribution in [0, 0.1) is 6.92 Å². The molecule has 1 atom stereocenters. The van der Waals surface area contributed by atoms with Gasteiger partial charge in [0.05, 0.1) is 24.2 Å². The smallest absolute Gasteiger partial charge is 0.117 e. The van der Waals surface area contributed by atoms with Crippen LogP contribution in [0.5, 0.6) is 0 Å². The summed E-state index contributed by atoms with van der Waals surface area (Å²) in [5.41, 5.74) is 2.22. The predicted molar refractivity (Wildman–Crippen MR) is 61.2 cm³/mol. The topological polar surface area (TPSA) is 34.5 Å². The number of pyridine rings is 1. The van der Waals surface area contributed by atoms with Crippen LogP contribution in [0.25, 0.3) is 5.57 Å². The lowest BCUT2D eigenvalue weighted by Crippen LogP contribution is -2.26. The van der Waals surface area contributed by atoms with Gasteiger partial charge in [-0.2, -0.15) is 0 Å². The van der Waals surface area contributed by atoms with Crippen molar-refractivity contribution in [3.8, 4) is 0 Å². The van der Waals surface area contributed by atoms with Crippen LogP contribution in [0.3, 0.4) is 0 Å². The van der Waals surface area contributed by atoms with Gasteiger partial charge in [-0.3, -0.25) is 9.98 Å². The minimum atomic E-state index is 0.0952. The summed E-state index contributed by atoms with van der Waals surface area (Å²) < 4.78 is 5.21. The maximum Gasteiger partial charge on any atom is 0.117 e. The summed E-state index contributed by atoms with van der Waals surface area (Å²) in [6.45, 7) is 1.99. The molecule has 0 saturated heterocycles. The zero-order chi connectivity index (χ0) is 11.1. The van der Waals surface area contributed by atoms with Crippen molar-refractivity contribution in [3.63, 3.8) is 0 Å². The summed E-state index contributed by atoms with van der Waals surface area (Å²) in [7, 11) is 1.68. The molecular formula is C13H12N2O. The van der Waals surface area contributed by atoms with Crippen LogP contribution in [0.1, 0.15) is 5.69 Å². The lowest BCUT2D eigenvalue weighted by molar-refractivity contribution is 0.304. The van der Waals surface area contributed by atoms with Crippen molar-refractivity contribution < 1.29 is 4.74 Å². The molecule has 0 spiro atoms. The van der Waals surface area contributed by atoms with Gasteiger partial charge in [-0.25, -0.2) is 0 Å². The van der Waals surface area contributed by atoms with Crippen molar-refractivity contribution >= 4 is 5.57 Å². The van der Waals surface area contributed by atoms with Gasteiger partial charge < -0.3 is 4.74 Å². The highest BCUT2D eigenvalue weighted by Crippen LogP contribution is 2.20. The number of hydrogen-bond acceptors (Lipinski definition) is 3. The highest BCUT2D eigenvalue weighted by atomic mass is 16.5. The maximum atomic E-state index is 5.21. The Hall–Kier alpha value is -1.90. The normalized spacial score (nSPS) is 21.0. The van der Waals surface area contributed by atoms with Crippen molar-refractivity contribution in [2.75, 3.05) is 7.11 Å². The summed E-state index contributed by atoms with van der Waals surface area (Å²) in [4.78, 5) is 8.93. The lowest BCUT2D eigenvalue weighted by atomic mass is 10.0. The van der Waals surface area contributed by atoms with E-state index in [2.05, 4.69) is 16.1 Å². The third kappa shape index (κ3) is 1.21. The zero-order valence-electron chi connectivity index (χ0n) is 9.27. The number of aryl methyl sites for hydroxylation is 1. The third-order valence-electron chi connectivity index (χ3n) is 2.99. The number of methoxy groups -OCH3 is 1. The molecule has 0 unspecified atom stereocenters. The molecule has 0 fully saturated rings. The number of nitrogens with zero attached hydrogens (tertiary/aromatic N) is 2. The first-order valence-electron chi connectivity index (χ1n) is 5.27. The Morgan fingerprint density at radius 1 is 1.31 bits per heavy atom. The molecule has 1 aromatic heterocycles. The van der Waals surface area contributed by atoms with Crippen molar-refractivity contribution in [1.82, 2.24) is 4.98 Å². The van der Waals surface area contributed by atoms with Crippen LogP contribution in [0.2, 0.25) is 0 Å². The summed E-state index contributed by atoms with van der Waals surface area (Å²) >= 11 is 0. The Balaban J connectivity index is 2.28. The molecule has 80 valence electrons. The van der Waals surface area contributed by atoms with Gasteiger partial charge >= 0.3 is 0 Å². The highest BCUT2D eigenvalue weighted by molar-refractivity contribution is 5.69. The Labute approximate surface area is 93.5 Å². The quantitative estimate of drug-likeness (QED) is 0.684. The van der Waals surface area contributed by atoms with Gasteiger partial charge in [0.15, 0.2) is 0 Å². The van der Waals surface area contributed by atoms with E-state index >= 15 is 0 Å². The minimum absolute atomic E-state index is 0.0952. The largest absolute Gasteiger partial charge is 0.497 e. The van der Waals surface area contributed by atoms with Gasteiger partial charge in [-0.05, 0) is 30.7 Å². The van der Waals surface area contributed by atoms with Crippen LogP contribution < -0.4 is 10.6 Å². The first-order chi connectivity index (χ1) is 7.79. The van der Waals surface area contributed by atoms with Gasteiger partial charge in [-0.15, -0.1) is 0 Å². The number of allylic oxidation sites excluding steroid dienone is 1. The van der Waals surface area contributed by atoms with Crippen molar-refractivity contribution in [2.45, 2.75) is 13.0 Å². The number of hydrogen-bond donors (Lipinski definition) is 0. The van der Waals surface area contributed by atoms with E-state index in [4.69, 9.17) is 4.74 Å². The zero-order valence-corrected chi connectivity index (χ0v) is 9.27. The van der Waals surface area contributed by atoms with E-state index in [1.54, 1.807) is 7.11 Å². The molecule has 1 aromatic rings. The molecule has 3 rings (SSSR count). The van der Waals surface area contributed by atoms with Crippen LogP contribution in [-0.4, -0.2) is 18.1 Å². The van der Waals surface area contributed by atoms with Crippen LogP contribution >= 0.6 is 0 Å². The van der Waals surface area contributed by atoms with E-state index in [0.29, 0.717) is 0 Å². The van der Waals surface area contributed by atoms with Gasteiger partial charge in [0.2, 0.25) is 0 Å². The summed E-state index contributed by atoms with van der Waals surface area (Å²) in [5.74, 6) is 0.871. The van der Waals surface area contributed by atoms with Gasteiger partial charge in [-0.1, -0.05) is 6.08 Å². The van der Waals surface area contributed by atoms with Crippen LogP contribution in [-0.2, 0) is 4.74 Å². The van der Waals surface area contributed by atoms with Crippen molar-refractivity contribution in [2.24, 2.45) is 4.99 Å². The summed E-state index contributed by atoms with van der Waals surface area (Å²) in [6.07, 6.45) is 7.93. The fraction of sp³-hybridized carbons (Fsp3) is 0.231. The molecule has 1 aliphatic carbocycles. The first-order valence-corrected chi connectivity index (χ1v) is 5.27. The highest BCUT2D eigenvalue weighted by Gasteiger charge is 2.20. The Morgan fingerprint density at radius 2 is 2.19 bits per heavy atom. The van der Waals surface area contributed by atoms with Crippen LogP contribution in [0.4, 0.5) is 0 Å². The summed E-state index contributed by atoms with van der Waals surface area (Å²) in [5, 5.41) is 2.21. The first kappa shape index (κ1) is 9.33. The second-order valence-corrected chi connectivity index (χ2v) is 3.93. The maximum absolute atomic E-state index is 5.21. The van der Waals surface area contributed by atoms with E-state index in [9.17, 15) is 0 Å². The molecule has 0 aromatic carbocycles. The number of fused-ring (bicyclic) bond motifs is 2. The van der Waals surface area contributed by atoms with Gasteiger partial charge in [0.1, 0.15) is 5.76 Å². The molecule has 0 N–H and O–H groups in total. The molecule has 0 saturated carbocycles. The van der Waals surface area contributed by atoms with Crippen molar-refractivity contribution in [3.05, 3.63) is 52.5 Å². The molecule has 0 amide bonds. The Bertz CT molecular complexity index is 626. The average Bonchev–Trinajstić information content (AvgIpc) is 2.68. The Kier molecular flexibility index (Phi) is 1.93. The van der Waals surface area contributed by atoms with E-state index in [0.717, 1.165) is 16.8 Å². The summed E-state index contributed by atoms with van der Waals surface area (Å²) in [6, 6.07) is 2.12. The number of ether oxygens (including phenoxy) is 1. The lowest BCUT2D eigenvalue weighted by Gasteiger charge is -2.12. The second kappa shape index (κ2) is 3.30. The third-order valence-corrected chi connectivity index (χ3v) is 2.99. The average molecular weight is 212 g/mol.